The maximum Gasteiger partial charge on any atom is 0.325 e. The van der Waals surface area contributed by atoms with Gasteiger partial charge < -0.3 is 10.6 Å². The van der Waals surface area contributed by atoms with E-state index in [-0.39, 0.29) is 11.9 Å². The molecule has 6 nitrogen and oxygen atoms in total. The predicted octanol–water partition coefficient (Wildman–Crippen LogP) is 4.26. The van der Waals surface area contributed by atoms with Gasteiger partial charge in [-0.15, -0.1) is 11.3 Å². The molecule has 3 N–H and O–H groups in total. The topological polar surface area (TPSA) is 83.1 Å². The number of amides is 3. The Bertz CT molecular complexity index is 680. The number of hydrogen-bond donors (Lipinski definition) is 3. The number of carbonyl (C=O) groups is 2. The molecule has 1 aromatic carbocycles. The summed E-state index contributed by atoms with van der Waals surface area (Å²) >= 11 is 1.46. The molecule has 0 aliphatic carbocycles. The van der Waals surface area contributed by atoms with Crippen LogP contribution < -0.4 is 16.0 Å². The standard InChI is InChI=1S/C16H20N4O2S/c1-4-14(21)18-11-5-7-12(8-6-11)19-15(22)20-16-17-9-13(23-16)10(2)3/h5-10H,4H2,1-3H3,(H,18,21)(H2,17,19,20,22). The van der Waals surface area contributed by atoms with Crippen molar-refractivity contribution < 1.29 is 9.59 Å². The highest BCUT2D eigenvalue weighted by Crippen LogP contribution is 2.25. The molecule has 1 aromatic heterocycles. The van der Waals surface area contributed by atoms with Crippen LogP contribution in [0.2, 0.25) is 0 Å². The van der Waals surface area contributed by atoms with Gasteiger partial charge in [-0.3, -0.25) is 10.1 Å². The van der Waals surface area contributed by atoms with Gasteiger partial charge in [0.15, 0.2) is 5.13 Å². The molecular formula is C16H20N4O2S. The molecule has 0 saturated carbocycles. The van der Waals surface area contributed by atoms with Crippen molar-refractivity contribution in [1.82, 2.24) is 4.98 Å². The summed E-state index contributed by atoms with van der Waals surface area (Å²) < 4.78 is 0. The van der Waals surface area contributed by atoms with Crippen molar-refractivity contribution in [3.05, 3.63) is 35.3 Å². The Balaban J connectivity index is 1.90. The Morgan fingerprint density at radius 2 is 1.70 bits per heavy atom. The van der Waals surface area contributed by atoms with Crippen LogP contribution in [0.15, 0.2) is 30.5 Å². The molecule has 0 fully saturated rings. The fourth-order valence-corrected chi connectivity index (χ4v) is 2.57. The van der Waals surface area contributed by atoms with E-state index in [1.165, 1.54) is 11.3 Å². The highest BCUT2D eigenvalue weighted by molar-refractivity contribution is 7.15. The van der Waals surface area contributed by atoms with Gasteiger partial charge in [-0.2, -0.15) is 0 Å². The summed E-state index contributed by atoms with van der Waals surface area (Å²) in [6, 6.07) is 6.59. The van der Waals surface area contributed by atoms with Gasteiger partial charge in [0.1, 0.15) is 0 Å². The van der Waals surface area contributed by atoms with Crippen LogP contribution >= 0.6 is 11.3 Å². The van der Waals surface area contributed by atoms with E-state index in [9.17, 15) is 9.59 Å². The van der Waals surface area contributed by atoms with Crippen LogP contribution in [-0.2, 0) is 4.79 Å². The summed E-state index contributed by atoms with van der Waals surface area (Å²) in [6.45, 7) is 5.95. The molecular weight excluding hydrogens is 312 g/mol. The van der Waals surface area contributed by atoms with E-state index < -0.39 is 0 Å². The zero-order valence-electron chi connectivity index (χ0n) is 13.3. The van der Waals surface area contributed by atoms with Crippen molar-refractivity contribution in [3.63, 3.8) is 0 Å². The first-order chi connectivity index (χ1) is 11.0. The molecule has 1 heterocycles. The second-order valence-electron chi connectivity index (χ2n) is 5.28. The molecule has 0 radical (unpaired) electrons. The second-order valence-corrected chi connectivity index (χ2v) is 6.34. The molecule has 0 spiro atoms. The lowest BCUT2D eigenvalue weighted by Gasteiger charge is -2.07. The Hall–Kier alpha value is -2.41. The van der Waals surface area contributed by atoms with Crippen LogP contribution in [0, 0.1) is 0 Å². The monoisotopic (exact) mass is 332 g/mol. The smallest absolute Gasteiger partial charge is 0.325 e. The van der Waals surface area contributed by atoms with Crippen LogP contribution in [0.1, 0.15) is 38.0 Å². The SMILES string of the molecule is CCC(=O)Nc1ccc(NC(=O)Nc2ncc(C(C)C)s2)cc1. The number of nitrogens with one attached hydrogen (secondary N) is 3. The number of urea groups is 1. The van der Waals surface area contributed by atoms with Gasteiger partial charge in [0, 0.05) is 28.9 Å². The minimum Gasteiger partial charge on any atom is -0.326 e. The fourth-order valence-electron chi connectivity index (χ4n) is 1.76. The minimum atomic E-state index is -0.347. The molecule has 0 bridgehead atoms. The molecule has 3 amide bonds. The van der Waals surface area contributed by atoms with Gasteiger partial charge in [0.2, 0.25) is 5.91 Å². The summed E-state index contributed by atoms with van der Waals surface area (Å²) in [6.07, 6.45) is 2.20. The zero-order valence-corrected chi connectivity index (χ0v) is 14.2. The Morgan fingerprint density at radius 3 is 2.22 bits per heavy atom. The predicted molar refractivity (Wildman–Crippen MR) is 94.2 cm³/mol. The van der Waals surface area contributed by atoms with E-state index in [4.69, 9.17) is 0 Å². The van der Waals surface area contributed by atoms with E-state index in [2.05, 4.69) is 34.8 Å². The van der Waals surface area contributed by atoms with Crippen molar-refractivity contribution in [2.75, 3.05) is 16.0 Å². The highest BCUT2D eigenvalue weighted by Gasteiger charge is 2.09. The van der Waals surface area contributed by atoms with Crippen molar-refractivity contribution >= 4 is 39.8 Å². The number of aromatic nitrogens is 1. The van der Waals surface area contributed by atoms with Crippen LogP contribution in [0.25, 0.3) is 0 Å². The largest absolute Gasteiger partial charge is 0.326 e. The van der Waals surface area contributed by atoms with Gasteiger partial charge >= 0.3 is 6.03 Å². The molecule has 7 heteroatoms. The maximum absolute atomic E-state index is 11.9. The molecule has 2 rings (SSSR count). The Morgan fingerprint density at radius 1 is 1.09 bits per heavy atom. The first kappa shape index (κ1) is 17.0. The normalized spacial score (nSPS) is 10.4. The lowest BCUT2D eigenvalue weighted by atomic mass is 10.2. The van der Waals surface area contributed by atoms with Crippen LogP contribution in [-0.4, -0.2) is 16.9 Å². The minimum absolute atomic E-state index is 0.0480. The number of anilines is 3. The lowest BCUT2D eigenvalue weighted by Crippen LogP contribution is -2.19. The van der Waals surface area contributed by atoms with Crippen LogP contribution in [0.5, 0.6) is 0 Å². The van der Waals surface area contributed by atoms with E-state index in [0.29, 0.717) is 28.8 Å². The molecule has 0 aliphatic rings. The zero-order chi connectivity index (χ0) is 16.8. The number of rotatable bonds is 5. The third-order valence-corrected chi connectivity index (χ3v) is 4.27. The number of thiazole rings is 1. The summed E-state index contributed by atoms with van der Waals surface area (Å²) in [5.74, 6) is 0.338. The first-order valence-corrected chi connectivity index (χ1v) is 8.23. The summed E-state index contributed by atoms with van der Waals surface area (Å²) in [5, 5.41) is 8.75. The van der Waals surface area contributed by atoms with Crippen LogP contribution in [0.3, 0.4) is 0 Å². The highest BCUT2D eigenvalue weighted by atomic mass is 32.1. The van der Waals surface area contributed by atoms with Crippen molar-refractivity contribution in [3.8, 4) is 0 Å². The molecule has 0 saturated heterocycles. The number of nitrogens with zero attached hydrogens (tertiary/aromatic N) is 1. The molecule has 0 atom stereocenters. The molecule has 0 aliphatic heterocycles. The maximum atomic E-state index is 11.9. The van der Waals surface area contributed by atoms with E-state index in [1.54, 1.807) is 37.4 Å². The van der Waals surface area contributed by atoms with E-state index >= 15 is 0 Å². The Labute approximate surface area is 139 Å². The van der Waals surface area contributed by atoms with Gasteiger partial charge in [0.05, 0.1) is 0 Å². The van der Waals surface area contributed by atoms with Gasteiger partial charge in [-0.25, -0.2) is 9.78 Å². The van der Waals surface area contributed by atoms with E-state index in [1.807, 2.05) is 0 Å². The third-order valence-electron chi connectivity index (χ3n) is 3.06. The second kappa shape index (κ2) is 7.73. The van der Waals surface area contributed by atoms with E-state index in [0.717, 1.165) is 4.88 Å². The van der Waals surface area contributed by atoms with Crippen LogP contribution in [0.4, 0.5) is 21.3 Å². The van der Waals surface area contributed by atoms with Crippen molar-refractivity contribution in [1.29, 1.82) is 0 Å². The number of benzene rings is 1. The lowest BCUT2D eigenvalue weighted by molar-refractivity contribution is -0.115. The number of hydrogen-bond acceptors (Lipinski definition) is 4. The molecule has 2 aromatic rings. The number of carbonyl (C=O) groups excluding carboxylic acids is 2. The average Bonchev–Trinajstić information content (AvgIpc) is 2.97. The van der Waals surface area contributed by atoms with Crippen molar-refractivity contribution in [2.24, 2.45) is 0 Å². The fraction of sp³-hybridized carbons (Fsp3) is 0.312. The average molecular weight is 332 g/mol. The summed E-state index contributed by atoms with van der Waals surface area (Å²) in [7, 11) is 0. The molecule has 23 heavy (non-hydrogen) atoms. The van der Waals surface area contributed by atoms with Gasteiger partial charge in [-0.1, -0.05) is 20.8 Å². The third kappa shape index (κ3) is 5.07. The van der Waals surface area contributed by atoms with Gasteiger partial charge in [0.25, 0.3) is 0 Å². The van der Waals surface area contributed by atoms with Crippen molar-refractivity contribution in [2.45, 2.75) is 33.1 Å². The summed E-state index contributed by atoms with van der Waals surface area (Å²) in [4.78, 5) is 28.5. The Kier molecular flexibility index (Phi) is 5.70. The first-order valence-electron chi connectivity index (χ1n) is 7.41. The quantitative estimate of drug-likeness (QED) is 0.765. The summed E-state index contributed by atoms with van der Waals surface area (Å²) in [5.41, 5.74) is 1.34. The molecule has 122 valence electrons. The molecule has 0 unspecified atom stereocenters. The van der Waals surface area contributed by atoms with Gasteiger partial charge in [-0.05, 0) is 30.2 Å².